The molecule has 0 bridgehead atoms. The lowest BCUT2D eigenvalue weighted by Gasteiger charge is -2.19. The maximum absolute atomic E-state index is 13.6. The molecule has 0 aliphatic carbocycles. The molecule has 0 aromatic heterocycles. The Balaban J connectivity index is 2.29. The van der Waals surface area contributed by atoms with E-state index in [-0.39, 0.29) is 16.3 Å². The Morgan fingerprint density at radius 2 is 1.70 bits per heavy atom. The van der Waals surface area contributed by atoms with Crippen LogP contribution in [0.15, 0.2) is 40.9 Å². The highest BCUT2D eigenvalue weighted by Gasteiger charge is 2.18. The summed E-state index contributed by atoms with van der Waals surface area (Å²) in [5.41, 5.74) is 1.53. The van der Waals surface area contributed by atoms with Crippen LogP contribution in [0.2, 0.25) is 0 Å². The van der Waals surface area contributed by atoms with Crippen LogP contribution in [0, 0.1) is 17.5 Å². The molecule has 5 heteroatoms. The zero-order chi connectivity index (χ0) is 14.7. The molecule has 106 valence electrons. The maximum atomic E-state index is 13.6. The molecule has 2 aromatic rings. The molecule has 0 spiro atoms. The Morgan fingerprint density at radius 1 is 1.05 bits per heavy atom. The molecule has 1 atom stereocenters. The number of benzene rings is 2. The minimum absolute atomic E-state index is 0.110. The molecule has 0 aliphatic rings. The molecule has 1 N–H and O–H groups in total. The van der Waals surface area contributed by atoms with Gasteiger partial charge in [-0.25, -0.2) is 13.2 Å². The van der Waals surface area contributed by atoms with Crippen molar-refractivity contribution < 1.29 is 13.2 Å². The lowest BCUT2D eigenvalue weighted by Crippen LogP contribution is -2.20. The van der Waals surface area contributed by atoms with Crippen molar-refractivity contribution in [3.05, 3.63) is 69.4 Å². The molecule has 1 nitrogen and oxygen atoms in total. The summed E-state index contributed by atoms with van der Waals surface area (Å²) in [5.74, 6) is -2.09. The van der Waals surface area contributed by atoms with Crippen LogP contribution in [-0.4, -0.2) is 7.05 Å². The number of halogens is 4. The third-order valence-corrected chi connectivity index (χ3v) is 3.95. The number of rotatable bonds is 4. The Labute approximate surface area is 123 Å². The van der Waals surface area contributed by atoms with E-state index in [9.17, 15) is 13.2 Å². The van der Waals surface area contributed by atoms with Crippen molar-refractivity contribution in [1.82, 2.24) is 5.32 Å². The molecule has 0 amide bonds. The molecule has 1 unspecified atom stereocenters. The maximum Gasteiger partial charge on any atom is 0.173 e. The monoisotopic (exact) mass is 343 g/mol. The molecule has 0 aliphatic heterocycles. The predicted octanol–water partition coefficient (Wildman–Crippen LogP) is 4.37. The van der Waals surface area contributed by atoms with Crippen molar-refractivity contribution >= 4 is 15.9 Å². The van der Waals surface area contributed by atoms with Crippen LogP contribution in [0.3, 0.4) is 0 Å². The first-order valence-electron chi connectivity index (χ1n) is 6.08. The second kappa shape index (κ2) is 6.41. The van der Waals surface area contributed by atoms with Gasteiger partial charge < -0.3 is 5.32 Å². The molecule has 0 saturated heterocycles. The molecule has 0 heterocycles. The van der Waals surface area contributed by atoms with Gasteiger partial charge in [0.2, 0.25) is 0 Å². The normalized spacial score (nSPS) is 12.4. The van der Waals surface area contributed by atoms with Gasteiger partial charge in [-0.15, -0.1) is 0 Å². The van der Waals surface area contributed by atoms with Crippen molar-refractivity contribution in [2.45, 2.75) is 12.5 Å². The van der Waals surface area contributed by atoms with Gasteiger partial charge in [-0.3, -0.25) is 0 Å². The fourth-order valence-corrected chi connectivity index (χ4v) is 2.63. The third-order valence-electron chi connectivity index (χ3n) is 3.14. The Morgan fingerprint density at radius 3 is 2.30 bits per heavy atom. The van der Waals surface area contributed by atoms with Gasteiger partial charge in [-0.05, 0) is 58.7 Å². The fourth-order valence-electron chi connectivity index (χ4n) is 2.03. The summed E-state index contributed by atoms with van der Waals surface area (Å²) in [6, 6.07) is 8.54. The second-order valence-electron chi connectivity index (χ2n) is 4.44. The minimum Gasteiger partial charge on any atom is -0.313 e. The number of hydrogen-bond donors (Lipinski definition) is 1. The summed E-state index contributed by atoms with van der Waals surface area (Å²) in [7, 11) is 1.74. The number of hydrogen-bond acceptors (Lipinski definition) is 1. The van der Waals surface area contributed by atoms with E-state index < -0.39 is 11.6 Å². The highest BCUT2D eigenvalue weighted by molar-refractivity contribution is 9.10. The van der Waals surface area contributed by atoms with Gasteiger partial charge in [0.25, 0.3) is 0 Å². The number of likely N-dealkylation sites (N-methyl/N-ethyl adjacent to an activating group) is 1. The zero-order valence-electron chi connectivity index (χ0n) is 10.8. The summed E-state index contributed by atoms with van der Waals surface area (Å²) in [6.07, 6.45) is 0.542. The largest absolute Gasteiger partial charge is 0.313 e. The molecule has 0 fully saturated rings. The topological polar surface area (TPSA) is 12.0 Å². The second-order valence-corrected chi connectivity index (χ2v) is 5.23. The SMILES string of the molecule is CNC(Cc1ccc(F)cc1)c1ccc(F)c(F)c1Br. The molecular formula is C15H13BrF3N. The summed E-state index contributed by atoms with van der Waals surface area (Å²) in [6.45, 7) is 0. The Hall–Kier alpha value is -1.33. The van der Waals surface area contributed by atoms with Gasteiger partial charge in [0.15, 0.2) is 11.6 Å². The van der Waals surface area contributed by atoms with E-state index in [0.717, 1.165) is 11.6 Å². The van der Waals surface area contributed by atoms with Crippen molar-refractivity contribution in [2.75, 3.05) is 7.05 Å². The van der Waals surface area contributed by atoms with Gasteiger partial charge in [-0.2, -0.15) is 0 Å². The molecule has 2 aromatic carbocycles. The first-order valence-corrected chi connectivity index (χ1v) is 6.87. The van der Waals surface area contributed by atoms with Gasteiger partial charge in [0.1, 0.15) is 5.82 Å². The first-order chi connectivity index (χ1) is 9.52. The summed E-state index contributed by atoms with van der Waals surface area (Å²) in [5, 5.41) is 3.06. The van der Waals surface area contributed by atoms with E-state index in [0.29, 0.717) is 12.0 Å². The molecule has 0 saturated carbocycles. The Kier molecular flexibility index (Phi) is 4.83. The van der Waals surface area contributed by atoms with E-state index in [2.05, 4.69) is 21.2 Å². The Bertz CT molecular complexity index is 599. The van der Waals surface area contributed by atoms with Crippen LogP contribution >= 0.6 is 15.9 Å². The van der Waals surface area contributed by atoms with Gasteiger partial charge in [0.05, 0.1) is 4.47 Å². The van der Waals surface area contributed by atoms with Gasteiger partial charge in [0, 0.05) is 6.04 Å². The molecule has 0 radical (unpaired) electrons. The fraction of sp³-hybridized carbons (Fsp3) is 0.200. The van der Waals surface area contributed by atoms with Crippen LogP contribution in [0.1, 0.15) is 17.2 Å². The average Bonchev–Trinajstić information content (AvgIpc) is 2.45. The predicted molar refractivity (Wildman–Crippen MR) is 76.0 cm³/mol. The molecule has 20 heavy (non-hydrogen) atoms. The van der Waals surface area contributed by atoms with E-state index in [1.54, 1.807) is 19.2 Å². The lowest BCUT2D eigenvalue weighted by atomic mass is 9.99. The summed E-state index contributed by atoms with van der Waals surface area (Å²) < 4.78 is 39.7. The van der Waals surface area contributed by atoms with Gasteiger partial charge in [-0.1, -0.05) is 18.2 Å². The van der Waals surface area contributed by atoms with Crippen LogP contribution in [0.25, 0.3) is 0 Å². The van der Waals surface area contributed by atoms with Crippen molar-refractivity contribution in [2.24, 2.45) is 0 Å². The third kappa shape index (κ3) is 3.22. The summed E-state index contributed by atoms with van der Waals surface area (Å²) in [4.78, 5) is 0. The van der Waals surface area contributed by atoms with Crippen LogP contribution < -0.4 is 5.32 Å². The zero-order valence-corrected chi connectivity index (χ0v) is 12.3. The highest BCUT2D eigenvalue weighted by atomic mass is 79.9. The van der Waals surface area contributed by atoms with E-state index in [1.807, 2.05) is 0 Å². The minimum atomic E-state index is -0.901. The van der Waals surface area contributed by atoms with E-state index in [4.69, 9.17) is 0 Å². The van der Waals surface area contributed by atoms with Gasteiger partial charge >= 0.3 is 0 Å². The standard InChI is InChI=1S/C15H13BrF3N/c1-20-13(8-9-2-4-10(17)5-3-9)11-6-7-12(18)15(19)14(11)16/h2-7,13,20H,8H2,1H3. The average molecular weight is 344 g/mol. The van der Waals surface area contributed by atoms with E-state index >= 15 is 0 Å². The van der Waals surface area contributed by atoms with Crippen molar-refractivity contribution in [3.63, 3.8) is 0 Å². The molecule has 2 rings (SSSR count). The van der Waals surface area contributed by atoms with Crippen LogP contribution in [0.4, 0.5) is 13.2 Å². The summed E-state index contributed by atoms with van der Waals surface area (Å²) >= 11 is 3.08. The molecular weight excluding hydrogens is 331 g/mol. The van der Waals surface area contributed by atoms with E-state index in [1.165, 1.54) is 18.2 Å². The highest BCUT2D eigenvalue weighted by Crippen LogP contribution is 2.29. The first kappa shape index (κ1) is 15.1. The quantitative estimate of drug-likeness (QED) is 0.813. The van der Waals surface area contributed by atoms with Crippen LogP contribution in [-0.2, 0) is 6.42 Å². The van der Waals surface area contributed by atoms with Crippen molar-refractivity contribution in [3.8, 4) is 0 Å². The smallest absolute Gasteiger partial charge is 0.173 e. The van der Waals surface area contributed by atoms with Crippen molar-refractivity contribution in [1.29, 1.82) is 0 Å². The number of nitrogens with one attached hydrogen (secondary N) is 1. The van der Waals surface area contributed by atoms with Crippen LogP contribution in [0.5, 0.6) is 0 Å². The lowest BCUT2D eigenvalue weighted by molar-refractivity contribution is 0.495.